The van der Waals surface area contributed by atoms with Crippen LogP contribution in [0.5, 0.6) is 0 Å². The van der Waals surface area contributed by atoms with Gasteiger partial charge in [-0.05, 0) is 65.6 Å². The van der Waals surface area contributed by atoms with Crippen LogP contribution < -0.4 is 0 Å². The minimum Gasteiger partial charge on any atom is -0.508 e. The van der Waals surface area contributed by atoms with Crippen molar-refractivity contribution in [3.63, 3.8) is 0 Å². The smallest absolute Gasteiger partial charge is 0.227 e. The van der Waals surface area contributed by atoms with Gasteiger partial charge in [-0.15, -0.1) is 11.3 Å². The molecule has 31 heavy (non-hydrogen) atoms. The Morgan fingerprint density at radius 1 is 1.16 bits per heavy atom. The fourth-order valence-corrected chi connectivity index (χ4v) is 4.92. The second-order valence-electron chi connectivity index (χ2n) is 7.15. The summed E-state index contributed by atoms with van der Waals surface area (Å²) in [5, 5.41) is 11.6. The Kier molecular flexibility index (Phi) is 10.6. The fourth-order valence-electron chi connectivity index (χ4n) is 3.08. The minimum absolute atomic E-state index is 0.136. The third kappa shape index (κ3) is 8.40. The first-order valence-corrected chi connectivity index (χ1v) is 12.1. The standard InChI is InChI=1S/C25H32N2O2S2/c1-5-21(11-12-22(6-2)20(4)10-13-23(28)7-3)19-24(29)26-14-16-27(17-15-26)31-25-9-8-18-30-25/h5,7-13,18,28H,1,3,6,14-17,19H2,2,4H3/b20-10+,21-11+,22-12+,23-13+. The van der Waals surface area contributed by atoms with E-state index in [1.54, 1.807) is 35.4 Å². The molecule has 0 unspecified atom stereocenters. The minimum atomic E-state index is 0.136. The van der Waals surface area contributed by atoms with Crippen molar-refractivity contribution in [1.82, 2.24) is 9.21 Å². The molecule has 0 bridgehead atoms. The van der Waals surface area contributed by atoms with E-state index < -0.39 is 0 Å². The number of aliphatic hydroxyl groups excluding tert-OH is 1. The molecule has 1 fully saturated rings. The van der Waals surface area contributed by atoms with Gasteiger partial charge in [0.1, 0.15) is 5.76 Å². The zero-order valence-electron chi connectivity index (χ0n) is 18.4. The Bertz CT molecular complexity index is 871. The highest BCUT2D eigenvalue weighted by atomic mass is 32.2. The molecule has 0 aliphatic carbocycles. The van der Waals surface area contributed by atoms with E-state index in [1.807, 2.05) is 30.1 Å². The lowest BCUT2D eigenvalue weighted by Gasteiger charge is -2.33. The highest BCUT2D eigenvalue weighted by Crippen LogP contribution is 2.28. The van der Waals surface area contributed by atoms with Crippen LogP contribution >= 0.6 is 23.3 Å². The third-order valence-electron chi connectivity index (χ3n) is 5.02. The van der Waals surface area contributed by atoms with Gasteiger partial charge in [0.2, 0.25) is 5.91 Å². The number of piperazine rings is 1. The summed E-state index contributed by atoms with van der Waals surface area (Å²) >= 11 is 3.52. The SMILES string of the molecule is C=C\C(=C/C=C(CC)/C(C)=C/C=C(/O)C=C)CC(=O)N1CCN(Sc2cccs2)CC1. The highest BCUT2D eigenvalue weighted by molar-refractivity contribution is 7.98. The Morgan fingerprint density at radius 2 is 1.90 bits per heavy atom. The lowest BCUT2D eigenvalue weighted by atomic mass is 10.0. The number of nitrogens with zero attached hydrogens (tertiary/aromatic N) is 2. The van der Waals surface area contributed by atoms with Gasteiger partial charge in [0, 0.05) is 26.2 Å². The van der Waals surface area contributed by atoms with Gasteiger partial charge in [0.05, 0.1) is 10.6 Å². The number of carbonyl (C=O) groups is 1. The van der Waals surface area contributed by atoms with E-state index in [1.165, 1.54) is 10.3 Å². The van der Waals surface area contributed by atoms with Gasteiger partial charge in [0.15, 0.2) is 0 Å². The van der Waals surface area contributed by atoms with E-state index >= 15 is 0 Å². The average molecular weight is 457 g/mol. The van der Waals surface area contributed by atoms with E-state index in [0.717, 1.165) is 49.3 Å². The van der Waals surface area contributed by atoms with Crippen molar-refractivity contribution in [1.29, 1.82) is 0 Å². The van der Waals surface area contributed by atoms with Gasteiger partial charge < -0.3 is 10.0 Å². The van der Waals surface area contributed by atoms with E-state index in [4.69, 9.17) is 0 Å². The van der Waals surface area contributed by atoms with E-state index in [0.29, 0.717) is 6.42 Å². The molecule has 6 heteroatoms. The number of carbonyl (C=O) groups excluding carboxylic acids is 1. The van der Waals surface area contributed by atoms with Crippen molar-refractivity contribution in [2.24, 2.45) is 0 Å². The van der Waals surface area contributed by atoms with Crippen LogP contribution in [0.1, 0.15) is 26.7 Å². The first kappa shape index (κ1) is 25.0. The van der Waals surface area contributed by atoms with Crippen LogP contribution in [0, 0.1) is 0 Å². The predicted octanol–water partition coefficient (Wildman–Crippen LogP) is 6.31. The lowest BCUT2D eigenvalue weighted by molar-refractivity contribution is -0.131. The first-order valence-electron chi connectivity index (χ1n) is 10.4. The van der Waals surface area contributed by atoms with Crippen LogP contribution in [-0.2, 0) is 4.79 Å². The number of rotatable bonds is 10. The van der Waals surface area contributed by atoms with Gasteiger partial charge in [-0.1, -0.05) is 50.5 Å². The molecule has 0 radical (unpaired) electrons. The molecule has 1 N–H and O–H groups in total. The molecular formula is C25H32N2O2S2. The molecule has 0 aromatic carbocycles. The van der Waals surface area contributed by atoms with Crippen molar-refractivity contribution in [2.75, 3.05) is 26.2 Å². The summed E-state index contributed by atoms with van der Waals surface area (Å²) in [6.07, 6.45) is 11.9. The molecule has 166 valence electrons. The number of amides is 1. The Balaban J connectivity index is 1.94. The van der Waals surface area contributed by atoms with Crippen molar-refractivity contribution in [2.45, 2.75) is 30.9 Å². The first-order chi connectivity index (χ1) is 15.0. The Hall–Kier alpha value is -2.28. The number of thiophene rings is 1. The summed E-state index contributed by atoms with van der Waals surface area (Å²) in [6, 6.07) is 4.19. The molecule has 0 spiro atoms. The zero-order valence-corrected chi connectivity index (χ0v) is 20.1. The zero-order chi connectivity index (χ0) is 22.6. The number of aliphatic hydroxyl groups is 1. The van der Waals surface area contributed by atoms with Crippen LogP contribution in [0.3, 0.4) is 0 Å². The lowest BCUT2D eigenvalue weighted by Crippen LogP contribution is -2.46. The molecule has 1 aromatic heterocycles. The summed E-state index contributed by atoms with van der Waals surface area (Å²) in [7, 11) is 0. The largest absolute Gasteiger partial charge is 0.508 e. The molecule has 2 rings (SSSR count). The van der Waals surface area contributed by atoms with Crippen LogP contribution in [0.25, 0.3) is 0 Å². The molecule has 0 saturated carbocycles. The van der Waals surface area contributed by atoms with E-state index in [2.05, 4.69) is 41.9 Å². The van der Waals surface area contributed by atoms with Crippen LogP contribution in [0.2, 0.25) is 0 Å². The van der Waals surface area contributed by atoms with Crippen LogP contribution in [0.15, 0.2) is 93.8 Å². The van der Waals surface area contributed by atoms with E-state index in [9.17, 15) is 9.90 Å². The topological polar surface area (TPSA) is 43.8 Å². The molecule has 1 aromatic rings. The summed E-state index contributed by atoms with van der Waals surface area (Å²) in [5.41, 5.74) is 3.10. The second-order valence-corrected chi connectivity index (χ2v) is 9.49. The highest BCUT2D eigenvalue weighted by Gasteiger charge is 2.22. The molecule has 1 aliphatic rings. The average Bonchev–Trinajstić information content (AvgIpc) is 3.30. The number of hydrogen-bond donors (Lipinski definition) is 1. The van der Waals surface area contributed by atoms with Crippen LogP contribution in [0.4, 0.5) is 0 Å². The maximum atomic E-state index is 12.8. The van der Waals surface area contributed by atoms with E-state index in [-0.39, 0.29) is 11.7 Å². The second kappa shape index (κ2) is 13.2. The maximum Gasteiger partial charge on any atom is 0.227 e. The summed E-state index contributed by atoms with van der Waals surface area (Å²) in [5.74, 6) is 0.279. The van der Waals surface area contributed by atoms with Gasteiger partial charge in [-0.2, -0.15) is 0 Å². The van der Waals surface area contributed by atoms with Crippen molar-refractivity contribution in [3.05, 3.63) is 89.6 Å². The van der Waals surface area contributed by atoms with Gasteiger partial charge in [-0.3, -0.25) is 4.79 Å². The molecule has 4 nitrogen and oxygen atoms in total. The predicted molar refractivity (Wildman–Crippen MR) is 134 cm³/mol. The Morgan fingerprint density at radius 3 is 2.48 bits per heavy atom. The van der Waals surface area contributed by atoms with Crippen molar-refractivity contribution < 1.29 is 9.90 Å². The molecule has 0 atom stereocenters. The van der Waals surface area contributed by atoms with Gasteiger partial charge in [-0.25, -0.2) is 4.31 Å². The maximum absolute atomic E-state index is 12.8. The molecule has 1 aliphatic heterocycles. The van der Waals surface area contributed by atoms with Crippen LogP contribution in [-0.4, -0.2) is 46.4 Å². The van der Waals surface area contributed by atoms with Gasteiger partial charge >= 0.3 is 0 Å². The Labute approximate surface area is 194 Å². The number of hydrogen-bond acceptors (Lipinski definition) is 5. The summed E-state index contributed by atoms with van der Waals surface area (Å²) in [6.45, 7) is 14.8. The van der Waals surface area contributed by atoms with Crippen molar-refractivity contribution >= 4 is 29.2 Å². The third-order valence-corrected chi connectivity index (χ3v) is 7.14. The number of allylic oxidation sites excluding steroid dienone is 8. The molecule has 1 amide bonds. The molecule has 1 saturated heterocycles. The molecular weight excluding hydrogens is 424 g/mol. The quantitative estimate of drug-likeness (QED) is 0.254. The summed E-state index contributed by atoms with van der Waals surface area (Å²) in [4.78, 5) is 14.7. The van der Waals surface area contributed by atoms with Gasteiger partial charge in [0.25, 0.3) is 0 Å². The fraction of sp³-hybridized carbons (Fsp3) is 0.320. The normalized spacial score (nSPS) is 17.0. The monoisotopic (exact) mass is 456 g/mol. The van der Waals surface area contributed by atoms with Crippen molar-refractivity contribution in [3.8, 4) is 0 Å². The summed E-state index contributed by atoms with van der Waals surface area (Å²) < 4.78 is 3.61. The molecule has 2 heterocycles.